The first-order chi connectivity index (χ1) is 23.7. The number of fused-ring (bicyclic) bond motifs is 4. The van der Waals surface area contributed by atoms with Crippen LogP contribution in [0.5, 0.6) is 0 Å². The molecule has 5 aromatic rings. The number of aromatic amines is 1. The van der Waals surface area contributed by atoms with Gasteiger partial charge in [0.2, 0.25) is 11.5 Å². The predicted molar refractivity (Wildman–Crippen MR) is 182 cm³/mol. The van der Waals surface area contributed by atoms with Crippen molar-refractivity contribution in [3.63, 3.8) is 0 Å². The standard InChI is InChI=1S/C35H38N10O4/c1-3-26-33-23(16-36-44(33)21-17-43(18-21)35(48,49)27-8-5-9-31(46)38-27)22-6-4-7-24(32(22)42(26)2)37-30-15-28(40-34(47)20-12-13-20)39-29-14-25(19-10-11-19)41-45(29)30/h4-9,14-16,19-21,26,37,48-49H,3,10-13,17-18H2,1-2H3,(H,38,46)(H,39,40,47). The number of anilines is 4. The summed E-state index contributed by atoms with van der Waals surface area (Å²) < 4.78 is 3.85. The molecule has 4 aliphatic rings. The molecule has 4 aromatic heterocycles. The highest BCUT2D eigenvalue weighted by Gasteiger charge is 2.46. The van der Waals surface area contributed by atoms with Crippen LogP contribution >= 0.6 is 0 Å². The minimum atomic E-state index is -2.30. The maximum atomic E-state index is 12.7. The highest BCUT2D eigenvalue weighted by atomic mass is 16.5. The minimum absolute atomic E-state index is 0.00230. The number of nitrogens with one attached hydrogen (secondary N) is 3. The zero-order valence-electron chi connectivity index (χ0n) is 27.3. The van der Waals surface area contributed by atoms with E-state index in [9.17, 15) is 19.8 Å². The Balaban J connectivity index is 1.05. The van der Waals surface area contributed by atoms with Gasteiger partial charge in [-0.15, -0.1) is 0 Å². The van der Waals surface area contributed by atoms with Crippen LogP contribution in [-0.2, 0) is 10.7 Å². The van der Waals surface area contributed by atoms with Crippen LogP contribution in [0.25, 0.3) is 16.8 Å². The van der Waals surface area contributed by atoms with Crippen molar-refractivity contribution in [2.45, 2.75) is 62.9 Å². The molecule has 1 saturated heterocycles. The molecule has 49 heavy (non-hydrogen) atoms. The molecule has 1 unspecified atom stereocenters. The summed E-state index contributed by atoms with van der Waals surface area (Å²) in [5, 5.41) is 38.3. The SMILES string of the molecule is CCC1c2c(cnn2C2CN(C(O)(O)c3cccc(=O)[nH]3)C2)-c2cccc(Nc3cc(NC(=O)C4CC4)nc4cc(C5CC5)nn34)c2N1C. The normalized spacial score (nSPS) is 19.4. The van der Waals surface area contributed by atoms with Crippen molar-refractivity contribution < 1.29 is 15.0 Å². The molecule has 0 bridgehead atoms. The smallest absolute Gasteiger partial charge is 0.269 e. The van der Waals surface area contributed by atoms with Crippen LogP contribution in [0.1, 0.15) is 74.1 Å². The molecule has 3 fully saturated rings. The molecule has 2 aliphatic heterocycles. The van der Waals surface area contributed by atoms with Crippen molar-refractivity contribution >= 4 is 34.6 Å². The van der Waals surface area contributed by atoms with Gasteiger partial charge in [-0.05, 0) is 44.2 Å². The lowest BCUT2D eigenvalue weighted by atomic mass is 9.91. The molecule has 6 heterocycles. The summed E-state index contributed by atoms with van der Waals surface area (Å²) >= 11 is 0. The number of likely N-dealkylation sites (tertiary alicyclic amines) is 1. The van der Waals surface area contributed by atoms with E-state index in [1.165, 1.54) is 23.1 Å². The Labute approximate surface area is 281 Å². The first kappa shape index (κ1) is 30.0. The van der Waals surface area contributed by atoms with Crippen LogP contribution in [0.4, 0.5) is 23.0 Å². The van der Waals surface area contributed by atoms with Crippen LogP contribution in [0.2, 0.25) is 0 Å². The second kappa shape index (κ2) is 11.0. The fraction of sp³-hybridized carbons (Fsp3) is 0.400. The van der Waals surface area contributed by atoms with E-state index >= 15 is 0 Å². The van der Waals surface area contributed by atoms with Crippen molar-refractivity contribution in [1.82, 2.24) is 34.3 Å². The molecule has 1 aromatic carbocycles. The highest BCUT2D eigenvalue weighted by Crippen LogP contribution is 2.50. The van der Waals surface area contributed by atoms with Gasteiger partial charge in [0.05, 0.1) is 46.7 Å². The van der Waals surface area contributed by atoms with E-state index in [4.69, 9.17) is 15.2 Å². The Bertz CT molecular complexity index is 2170. The highest BCUT2D eigenvalue weighted by molar-refractivity contribution is 5.95. The predicted octanol–water partition coefficient (Wildman–Crippen LogP) is 3.80. The Hall–Kier alpha value is -5.05. The molecule has 1 amide bonds. The van der Waals surface area contributed by atoms with Gasteiger partial charge in [0.1, 0.15) is 11.6 Å². The van der Waals surface area contributed by atoms with Crippen molar-refractivity contribution in [3.8, 4) is 11.1 Å². The first-order valence-electron chi connectivity index (χ1n) is 17.0. The van der Waals surface area contributed by atoms with Gasteiger partial charge in [0.25, 0.3) is 5.91 Å². The van der Waals surface area contributed by atoms with Gasteiger partial charge >= 0.3 is 0 Å². The number of carbonyl (C=O) groups excluding carboxylic acids is 1. The number of carbonyl (C=O) groups is 1. The van der Waals surface area contributed by atoms with Crippen molar-refractivity contribution in [2.24, 2.45) is 5.92 Å². The Morgan fingerprint density at radius 1 is 1.06 bits per heavy atom. The summed E-state index contributed by atoms with van der Waals surface area (Å²) in [4.78, 5) is 35.6. The zero-order valence-corrected chi connectivity index (χ0v) is 27.3. The summed E-state index contributed by atoms with van der Waals surface area (Å²) in [6.45, 7) is 2.84. The fourth-order valence-electron chi connectivity index (χ4n) is 7.36. The molecule has 2 aliphatic carbocycles. The fourth-order valence-corrected chi connectivity index (χ4v) is 7.36. The van der Waals surface area contributed by atoms with Crippen molar-refractivity contribution in [1.29, 1.82) is 0 Å². The van der Waals surface area contributed by atoms with Crippen LogP contribution in [-0.4, -0.2) is 70.5 Å². The van der Waals surface area contributed by atoms with Crippen LogP contribution < -0.4 is 21.1 Å². The van der Waals surface area contributed by atoms with E-state index in [0.29, 0.717) is 36.3 Å². The molecule has 14 heteroatoms. The Morgan fingerprint density at radius 3 is 2.59 bits per heavy atom. The van der Waals surface area contributed by atoms with Gasteiger partial charge in [-0.3, -0.25) is 14.3 Å². The van der Waals surface area contributed by atoms with Gasteiger partial charge in [0, 0.05) is 61.3 Å². The molecule has 14 nitrogen and oxygen atoms in total. The van der Waals surface area contributed by atoms with Crippen molar-refractivity contribution in [2.75, 3.05) is 35.7 Å². The number of amides is 1. The lowest BCUT2D eigenvalue weighted by Crippen LogP contribution is -2.59. The number of para-hydroxylation sites is 1. The quantitative estimate of drug-likeness (QED) is 0.146. The Kier molecular flexibility index (Phi) is 6.73. The van der Waals surface area contributed by atoms with E-state index in [1.54, 1.807) is 0 Å². The number of H-pyrrole nitrogens is 1. The second-order valence-corrected chi connectivity index (χ2v) is 13.8. The van der Waals surface area contributed by atoms with Gasteiger partial charge in [0.15, 0.2) is 5.65 Å². The maximum Gasteiger partial charge on any atom is 0.269 e. The number of hydrogen-bond donors (Lipinski definition) is 5. The third-order valence-electron chi connectivity index (χ3n) is 10.4. The number of hydrogen-bond acceptors (Lipinski definition) is 10. The number of aromatic nitrogens is 6. The number of pyridine rings is 1. The van der Waals surface area contributed by atoms with E-state index in [-0.39, 0.29) is 29.6 Å². The number of nitrogens with zero attached hydrogens (tertiary/aromatic N) is 7. The topological polar surface area (TPSA) is 169 Å². The lowest BCUT2D eigenvalue weighted by Gasteiger charge is -2.47. The first-order valence-corrected chi connectivity index (χ1v) is 17.0. The zero-order chi connectivity index (χ0) is 33.6. The van der Waals surface area contributed by atoms with Crippen molar-refractivity contribution in [3.05, 3.63) is 82.2 Å². The average Bonchev–Trinajstić information content (AvgIpc) is 4.00. The number of rotatable bonds is 9. The van der Waals surface area contributed by atoms with Crippen LogP contribution in [0, 0.1) is 5.92 Å². The molecule has 0 spiro atoms. The third-order valence-corrected chi connectivity index (χ3v) is 10.4. The minimum Gasteiger partial charge on any atom is -0.364 e. The second-order valence-electron chi connectivity index (χ2n) is 13.8. The van der Waals surface area contributed by atoms with E-state index in [0.717, 1.165) is 66.0 Å². The van der Waals surface area contributed by atoms with Gasteiger partial charge in [-0.25, -0.2) is 9.88 Å². The molecule has 9 rings (SSSR count). The number of benzene rings is 1. The molecule has 1 atom stereocenters. The average molecular weight is 663 g/mol. The molecule has 252 valence electrons. The van der Waals surface area contributed by atoms with E-state index in [1.807, 2.05) is 33.6 Å². The van der Waals surface area contributed by atoms with Gasteiger partial charge in [-0.1, -0.05) is 25.1 Å². The van der Waals surface area contributed by atoms with Crippen LogP contribution in [0.15, 0.2) is 59.5 Å². The van der Waals surface area contributed by atoms with Gasteiger partial charge in [-0.2, -0.15) is 14.7 Å². The largest absolute Gasteiger partial charge is 0.364 e. The van der Waals surface area contributed by atoms with Gasteiger partial charge < -0.3 is 30.7 Å². The third kappa shape index (κ3) is 5.01. The molecular formula is C35H38N10O4. The summed E-state index contributed by atoms with van der Waals surface area (Å²) in [5.41, 5.74) is 6.39. The summed E-state index contributed by atoms with van der Waals surface area (Å²) in [7, 11) is 2.09. The molecule has 2 saturated carbocycles. The summed E-state index contributed by atoms with van der Waals surface area (Å²) in [6.07, 6.45) is 6.79. The number of aliphatic hydroxyl groups is 2. The summed E-state index contributed by atoms with van der Waals surface area (Å²) in [6, 6.07) is 14.3. The lowest BCUT2D eigenvalue weighted by molar-refractivity contribution is -0.302. The van der Waals surface area contributed by atoms with E-state index < -0.39 is 11.5 Å². The molecular weight excluding hydrogens is 624 g/mol. The maximum absolute atomic E-state index is 12.7. The molecule has 0 radical (unpaired) electrons. The summed E-state index contributed by atoms with van der Waals surface area (Å²) in [5.74, 6) is -0.568. The molecule has 5 N–H and O–H groups in total. The Morgan fingerprint density at radius 2 is 1.86 bits per heavy atom. The monoisotopic (exact) mass is 662 g/mol. The van der Waals surface area contributed by atoms with E-state index in [2.05, 4.69) is 46.6 Å². The van der Waals surface area contributed by atoms with Crippen LogP contribution in [0.3, 0.4) is 0 Å².